The Morgan fingerprint density at radius 3 is 2.70 bits per heavy atom. The summed E-state index contributed by atoms with van der Waals surface area (Å²) in [5, 5.41) is 4.26. The minimum atomic E-state index is 0.121. The molecule has 0 saturated carbocycles. The highest BCUT2D eigenvalue weighted by molar-refractivity contribution is 9.10. The molecule has 1 heterocycles. The number of nitrogens with two attached hydrogens (primary N) is 1. The summed E-state index contributed by atoms with van der Waals surface area (Å²) in [5.74, 6) is 6.64. The van der Waals surface area contributed by atoms with Crippen LogP contribution in [0.4, 0.5) is 0 Å². The van der Waals surface area contributed by atoms with Crippen LogP contribution in [0.5, 0.6) is 0 Å². The van der Waals surface area contributed by atoms with Gasteiger partial charge in [-0.3, -0.25) is 11.3 Å². The molecule has 0 spiro atoms. The van der Waals surface area contributed by atoms with E-state index < -0.39 is 0 Å². The summed E-state index contributed by atoms with van der Waals surface area (Å²) < 4.78 is 3.04. The molecule has 2 rings (SSSR count). The number of hydrogen-bond donors (Lipinski definition) is 2. The number of hydrazine groups is 1. The minimum Gasteiger partial charge on any atom is -0.271 e. The lowest BCUT2D eigenvalue weighted by Crippen LogP contribution is -2.39. The molecule has 1 aromatic carbocycles. The number of halogens is 1. The van der Waals surface area contributed by atoms with Gasteiger partial charge in [0, 0.05) is 23.0 Å². The monoisotopic (exact) mass is 337 g/mol. The molecule has 0 aliphatic heterocycles. The Labute approximate surface area is 127 Å². The molecule has 5 nitrogen and oxygen atoms in total. The summed E-state index contributed by atoms with van der Waals surface area (Å²) in [6.07, 6.45) is 3.18. The lowest BCUT2D eigenvalue weighted by molar-refractivity contribution is 0.458. The van der Waals surface area contributed by atoms with Gasteiger partial charge in [-0.05, 0) is 31.9 Å². The van der Waals surface area contributed by atoms with E-state index in [1.807, 2.05) is 22.9 Å². The van der Waals surface area contributed by atoms with E-state index in [9.17, 15) is 0 Å². The number of nitrogens with one attached hydrogen (secondary N) is 1. The standard InChI is InChI=1S/C14H20BrN5/c1-10(2)20-14(17-9-18-20)8-12(19-16)7-11-5-3-4-6-13(11)15/h3-6,9-10,12,19H,7-8,16H2,1-2H3. The van der Waals surface area contributed by atoms with Gasteiger partial charge in [0.15, 0.2) is 0 Å². The smallest absolute Gasteiger partial charge is 0.138 e. The second-order valence-corrected chi connectivity index (χ2v) is 5.93. The molecule has 3 N–H and O–H groups in total. The molecule has 20 heavy (non-hydrogen) atoms. The van der Waals surface area contributed by atoms with Crippen molar-refractivity contribution in [3.8, 4) is 0 Å². The Kier molecular flexibility index (Phi) is 5.28. The summed E-state index contributed by atoms with van der Waals surface area (Å²) in [7, 11) is 0. The fourth-order valence-corrected chi connectivity index (χ4v) is 2.64. The van der Waals surface area contributed by atoms with Crippen LogP contribution >= 0.6 is 15.9 Å². The first-order chi connectivity index (χ1) is 9.61. The SMILES string of the molecule is CC(C)n1ncnc1CC(Cc1ccccc1Br)NN. The van der Waals surface area contributed by atoms with Gasteiger partial charge < -0.3 is 0 Å². The first-order valence-electron chi connectivity index (χ1n) is 6.69. The molecule has 1 unspecified atom stereocenters. The van der Waals surface area contributed by atoms with Crippen LogP contribution in [0.25, 0.3) is 0 Å². The van der Waals surface area contributed by atoms with E-state index in [0.717, 1.165) is 23.1 Å². The van der Waals surface area contributed by atoms with Gasteiger partial charge in [0.05, 0.1) is 0 Å². The maximum Gasteiger partial charge on any atom is 0.138 e. The molecule has 0 radical (unpaired) electrons. The van der Waals surface area contributed by atoms with Crippen molar-refractivity contribution in [3.63, 3.8) is 0 Å². The van der Waals surface area contributed by atoms with Crippen LogP contribution in [0.2, 0.25) is 0 Å². The normalized spacial score (nSPS) is 12.8. The van der Waals surface area contributed by atoms with Crippen molar-refractivity contribution in [2.75, 3.05) is 0 Å². The molecule has 108 valence electrons. The van der Waals surface area contributed by atoms with Gasteiger partial charge in [-0.25, -0.2) is 9.67 Å². The number of aromatic nitrogens is 3. The van der Waals surface area contributed by atoms with Gasteiger partial charge in [0.2, 0.25) is 0 Å². The van der Waals surface area contributed by atoms with E-state index in [2.05, 4.69) is 51.4 Å². The molecule has 0 bridgehead atoms. The van der Waals surface area contributed by atoms with Gasteiger partial charge in [0.1, 0.15) is 12.2 Å². The lowest BCUT2D eigenvalue weighted by atomic mass is 10.0. The van der Waals surface area contributed by atoms with E-state index in [-0.39, 0.29) is 6.04 Å². The van der Waals surface area contributed by atoms with Crippen molar-refractivity contribution >= 4 is 15.9 Å². The molecule has 0 saturated heterocycles. The average Bonchev–Trinajstić information content (AvgIpc) is 2.88. The first kappa shape index (κ1) is 15.2. The van der Waals surface area contributed by atoms with Gasteiger partial charge in [-0.15, -0.1) is 0 Å². The van der Waals surface area contributed by atoms with E-state index >= 15 is 0 Å². The van der Waals surface area contributed by atoms with Crippen molar-refractivity contribution in [2.45, 2.75) is 38.8 Å². The zero-order valence-corrected chi connectivity index (χ0v) is 13.3. The highest BCUT2D eigenvalue weighted by Crippen LogP contribution is 2.18. The maximum atomic E-state index is 5.69. The third-order valence-corrected chi connectivity index (χ3v) is 4.00. The van der Waals surface area contributed by atoms with E-state index in [1.54, 1.807) is 6.33 Å². The highest BCUT2D eigenvalue weighted by Gasteiger charge is 2.15. The molecule has 0 amide bonds. The quantitative estimate of drug-likeness (QED) is 0.626. The van der Waals surface area contributed by atoms with Crippen LogP contribution in [0.15, 0.2) is 35.1 Å². The largest absolute Gasteiger partial charge is 0.271 e. The molecule has 2 aromatic rings. The Morgan fingerprint density at radius 1 is 1.30 bits per heavy atom. The summed E-state index contributed by atoms with van der Waals surface area (Å²) in [6, 6.07) is 8.60. The summed E-state index contributed by atoms with van der Waals surface area (Å²) in [5.41, 5.74) is 4.11. The van der Waals surface area contributed by atoms with E-state index in [1.165, 1.54) is 5.56 Å². The zero-order chi connectivity index (χ0) is 14.5. The van der Waals surface area contributed by atoms with Gasteiger partial charge >= 0.3 is 0 Å². The number of benzene rings is 1. The van der Waals surface area contributed by atoms with Crippen molar-refractivity contribution in [2.24, 2.45) is 5.84 Å². The van der Waals surface area contributed by atoms with Crippen LogP contribution in [0.3, 0.4) is 0 Å². The maximum absolute atomic E-state index is 5.69. The Balaban J connectivity index is 2.10. The summed E-state index contributed by atoms with van der Waals surface area (Å²) in [4.78, 5) is 4.33. The van der Waals surface area contributed by atoms with Crippen molar-refractivity contribution in [1.82, 2.24) is 20.2 Å². The molecular formula is C14H20BrN5. The average molecular weight is 338 g/mol. The van der Waals surface area contributed by atoms with Crippen LogP contribution in [0, 0.1) is 0 Å². The van der Waals surface area contributed by atoms with E-state index in [4.69, 9.17) is 5.84 Å². The van der Waals surface area contributed by atoms with Crippen molar-refractivity contribution in [3.05, 3.63) is 46.5 Å². The molecule has 0 aliphatic rings. The van der Waals surface area contributed by atoms with Crippen LogP contribution in [-0.4, -0.2) is 20.8 Å². The molecule has 1 atom stereocenters. The first-order valence-corrected chi connectivity index (χ1v) is 7.49. The highest BCUT2D eigenvalue weighted by atomic mass is 79.9. The van der Waals surface area contributed by atoms with Crippen LogP contribution in [0.1, 0.15) is 31.3 Å². The molecule has 1 aromatic heterocycles. The number of nitrogens with zero attached hydrogens (tertiary/aromatic N) is 3. The number of hydrogen-bond acceptors (Lipinski definition) is 4. The predicted molar refractivity (Wildman–Crippen MR) is 83.1 cm³/mol. The van der Waals surface area contributed by atoms with Gasteiger partial charge in [-0.1, -0.05) is 34.1 Å². The van der Waals surface area contributed by atoms with Gasteiger partial charge in [0.25, 0.3) is 0 Å². The van der Waals surface area contributed by atoms with E-state index in [0.29, 0.717) is 6.04 Å². The fourth-order valence-electron chi connectivity index (χ4n) is 2.19. The van der Waals surface area contributed by atoms with Crippen molar-refractivity contribution < 1.29 is 0 Å². The van der Waals surface area contributed by atoms with Crippen LogP contribution in [-0.2, 0) is 12.8 Å². The Bertz CT molecular complexity index is 552. The minimum absolute atomic E-state index is 0.121. The summed E-state index contributed by atoms with van der Waals surface area (Å²) in [6.45, 7) is 4.19. The second kappa shape index (κ2) is 6.97. The van der Waals surface area contributed by atoms with Crippen LogP contribution < -0.4 is 11.3 Å². The molecule has 0 aliphatic carbocycles. The van der Waals surface area contributed by atoms with Crippen molar-refractivity contribution in [1.29, 1.82) is 0 Å². The topological polar surface area (TPSA) is 68.8 Å². The lowest BCUT2D eigenvalue weighted by Gasteiger charge is -2.17. The molecule has 6 heteroatoms. The summed E-state index contributed by atoms with van der Waals surface area (Å²) >= 11 is 3.57. The molecular weight excluding hydrogens is 318 g/mol. The number of rotatable bonds is 6. The molecule has 0 fully saturated rings. The second-order valence-electron chi connectivity index (χ2n) is 5.08. The Hall–Kier alpha value is -1.24. The predicted octanol–water partition coefficient (Wildman–Crippen LogP) is 2.24. The third-order valence-electron chi connectivity index (χ3n) is 3.23. The Morgan fingerprint density at radius 2 is 2.05 bits per heavy atom. The van der Waals surface area contributed by atoms with Gasteiger partial charge in [-0.2, -0.15) is 5.10 Å². The fraction of sp³-hybridized carbons (Fsp3) is 0.429. The third kappa shape index (κ3) is 3.65. The zero-order valence-electron chi connectivity index (χ0n) is 11.8.